The Kier molecular flexibility index (Phi) is 7.26. The quantitative estimate of drug-likeness (QED) is 0.547. The van der Waals surface area contributed by atoms with E-state index < -0.39 is 0 Å². The van der Waals surface area contributed by atoms with E-state index in [0.29, 0.717) is 43.3 Å². The van der Waals surface area contributed by atoms with Gasteiger partial charge in [0.2, 0.25) is 0 Å². The number of carbonyl (C=O) groups excluding carboxylic acids is 1. The average Bonchev–Trinajstić information content (AvgIpc) is 2.85. The van der Waals surface area contributed by atoms with Crippen LogP contribution in [0.15, 0.2) is 53.3 Å². The highest BCUT2D eigenvalue weighted by atomic mass is 16.5. The van der Waals surface area contributed by atoms with Crippen LogP contribution in [0.5, 0.6) is 11.5 Å². The number of nitrogens with zero attached hydrogens (tertiary/aromatic N) is 1. The number of ether oxygens (including phenoxy) is 3. The second-order valence-corrected chi connectivity index (χ2v) is 7.82. The van der Waals surface area contributed by atoms with Crippen molar-refractivity contribution in [1.29, 1.82) is 0 Å². The van der Waals surface area contributed by atoms with Crippen molar-refractivity contribution in [3.8, 4) is 11.5 Å². The van der Waals surface area contributed by atoms with Gasteiger partial charge >= 0.3 is 0 Å². The predicted molar refractivity (Wildman–Crippen MR) is 126 cm³/mol. The third kappa shape index (κ3) is 5.18. The number of aromatic amines is 1. The second-order valence-electron chi connectivity index (χ2n) is 7.82. The molecule has 33 heavy (non-hydrogen) atoms. The standard InChI is InChI=1S/C25H29N3O5/c1-3-33-22-9-8-18(15-23(22)31-2)21(28-10-12-32-13-11-28)16-26-25(30)20-14-17-6-4-5-7-19(17)24(29)27-20/h4-9,14-15,21H,3,10-13,16H2,1-2H3,(H,26,30)(H,27,29). The number of rotatable bonds is 8. The molecule has 2 heterocycles. The number of hydrogen-bond donors (Lipinski definition) is 2. The van der Waals surface area contributed by atoms with E-state index in [2.05, 4.69) is 15.2 Å². The summed E-state index contributed by atoms with van der Waals surface area (Å²) in [5.41, 5.74) is 0.965. The van der Waals surface area contributed by atoms with Gasteiger partial charge < -0.3 is 24.5 Å². The Morgan fingerprint density at radius 3 is 2.70 bits per heavy atom. The molecule has 2 aromatic carbocycles. The molecule has 0 radical (unpaired) electrons. The van der Waals surface area contributed by atoms with Gasteiger partial charge in [-0.1, -0.05) is 24.3 Å². The summed E-state index contributed by atoms with van der Waals surface area (Å²) >= 11 is 0. The van der Waals surface area contributed by atoms with Crippen LogP contribution in [0, 0.1) is 0 Å². The molecule has 1 atom stereocenters. The zero-order valence-corrected chi connectivity index (χ0v) is 18.9. The number of nitrogens with one attached hydrogen (secondary N) is 2. The first-order valence-electron chi connectivity index (χ1n) is 11.1. The van der Waals surface area contributed by atoms with Crippen LogP contribution in [0.25, 0.3) is 10.8 Å². The molecule has 1 unspecified atom stereocenters. The van der Waals surface area contributed by atoms with Gasteiger partial charge in [0, 0.05) is 25.0 Å². The molecular formula is C25H29N3O5. The minimum atomic E-state index is -0.325. The van der Waals surface area contributed by atoms with Crippen molar-refractivity contribution < 1.29 is 19.0 Å². The fourth-order valence-electron chi connectivity index (χ4n) is 4.13. The molecular weight excluding hydrogens is 422 g/mol. The van der Waals surface area contributed by atoms with E-state index in [1.165, 1.54) is 0 Å². The molecule has 0 bridgehead atoms. The van der Waals surface area contributed by atoms with Crippen molar-refractivity contribution >= 4 is 16.7 Å². The molecule has 4 rings (SSSR count). The lowest BCUT2D eigenvalue weighted by Gasteiger charge is -2.35. The maximum atomic E-state index is 13.0. The summed E-state index contributed by atoms with van der Waals surface area (Å²) in [6, 6.07) is 14.7. The van der Waals surface area contributed by atoms with E-state index >= 15 is 0 Å². The molecule has 1 amide bonds. The zero-order valence-electron chi connectivity index (χ0n) is 18.9. The number of carbonyl (C=O) groups is 1. The fraction of sp³-hybridized carbons (Fsp3) is 0.360. The second kappa shape index (κ2) is 10.5. The molecule has 1 aromatic heterocycles. The lowest BCUT2D eigenvalue weighted by molar-refractivity contribution is 0.0161. The van der Waals surface area contributed by atoms with Gasteiger partial charge in [-0.2, -0.15) is 0 Å². The number of fused-ring (bicyclic) bond motifs is 1. The topological polar surface area (TPSA) is 92.9 Å². The number of methoxy groups -OCH3 is 1. The smallest absolute Gasteiger partial charge is 0.267 e. The lowest BCUT2D eigenvalue weighted by Crippen LogP contribution is -2.44. The first-order chi connectivity index (χ1) is 16.1. The Morgan fingerprint density at radius 1 is 1.15 bits per heavy atom. The number of morpholine rings is 1. The van der Waals surface area contributed by atoms with E-state index in [4.69, 9.17) is 14.2 Å². The van der Waals surface area contributed by atoms with Crippen molar-refractivity contribution in [2.75, 3.05) is 46.6 Å². The number of hydrogen-bond acceptors (Lipinski definition) is 6. The summed E-state index contributed by atoms with van der Waals surface area (Å²) in [4.78, 5) is 30.3. The van der Waals surface area contributed by atoms with Gasteiger partial charge in [0.1, 0.15) is 5.69 Å². The molecule has 3 aromatic rings. The largest absolute Gasteiger partial charge is 0.493 e. The van der Waals surface area contributed by atoms with Crippen LogP contribution in [0.4, 0.5) is 0 Å². The molecule has 2 N–H and O–H groups in total. The van der Waals surface area contributed by atoms with E-state index in [-0.39, 0.29) is 23.2 Å². The van der Waals surface area contributed by atoms with E-state index in [9.17, 15) is 9.59 Å². The molecule has 174 valence electrons. The first-order valence-corrected chi connectivity index (χ1v) is 11.1. The van der Waals surface area contributed by atoms with Crippen LogP contribution in [-0.4, -0.2) is 62.4 Å². The Hall–Kier alpha value is -3.36. The Balaban J connectivity index is 1.57. The highest BCUT2D eigenvalue weighted by molar-refractivity contribution is 5.96. The summed E-state index contributed by atoms with van der Waals surface area (Å²) in [6.07, 6.45) is 0. The fourth-order valence-corrected chi connectivity index (χ4v) is 4.13. The lowest BCUT2D eigenvalue weighted by atomic mass is 10.0. The molecule has 0 spiro atoms. The Bertz CT molecular complexity index is 1170. The summed E-state index contributed by atoms with van der Waals surface area (Å²) in [7, 11) is 1.61. The SMILES string of the molecule is CCOc1ccc(C(CNC(=O)c2cc3ccccc3c(=O)[nH]2)N2CCOCC2)cc1OC. The highest BCUT2D eigenvalue weighted by Gasteiger charge is 2.25. The normalized spacial score (nSPS) is 15.2. The number of pyridine rings is 1. The van der Waals surface area contributed by atoms with Crippen LogP contribution in [0.1, 0.15) is 29.0 Å². The monoisotopic (exact) mass is 451 g/mol. The predicted octanol–water partition coefficient (Wildman–Crippen LogP) is 2.74. The zero-order chi connectivity index (χ0) is 23.2. The van der Waals surface area contributed by atoms with Crippen molar-refractivity contribution in [2.24, 2.45) is 0 Å². The summed E-state index contributed by atoms with van der Waals surface area (Å²) in [6.45, 7) is 5.61. The third-order valence-electron chi connectivity index (χ3n) is 5.81. The number of benzene rings is 2. The molecule has 1 saturated heterocycles. The highest BCUT2D eigenvalue weighted by Crippen LogP contribution is 2.32. The van der Waals surface area contributed by atoms with Gasteiger partial charge in [-0.15, -0.1) is 0 Å². The van der Waals surface area contributed by atoms with Crippen LogP contribution in [0.2, 0.25) is 0 Å². The van der Waals surface area contributed by atoms with Crippen LogP contribution >= 0.6 is 0 Å². The summed E-state index contributed by atoms with van der Waals surface area (Å²) in [5.74, 6) is 1.01. The summed E-state index contributed by atoms with van der Waals surface area (Å²) < 4.78 is 16.7. The number of aromatic nitrogens is 1. The van der Waals surface area contributed by atoms with Crippen LogP contribution in [0.3, 0.4) is 0 Å². The van der Waals surface area contributed by atoms with Gasteiger partial charge in [-0.3, -0.25) is 14.5 Å². The minimum Gasteiger partial charge on any atom is -0.493 e. The van der Waals surface area contributed by atoms with Crippen LogP contribution in [-0.2, 0) is 4.74 Å². The van der Waals surface area contributed by atoms with Crippen molar-refractivity contribution in [3.63, 3.8) is 0 Å². The van der Waals surface area contributed by atoms with Gasteiger partial charge in [0.15, 0.2) is 11.5 Å². The first kappa shape index (κ1) is 22.8. The van der Waals surface area contributed by atoms with E-state index in [1.807, 2.05) is 37.3 Å². The van der Waals surface area contributed by atoms with Crippen molar-refractivity contribution in [1.82, 2.24) is 15.2 Å². The Labute approximate surface area is 192 Å². The van der Waals surface area contributed by atoms with Gasteiger partial charge in [-0.05, 0) is 42.1 Å². The summed E-state index contributed by atoms with van der Waals surface area (Å²) in [5, 5.41) is 4.29. The molecule has 1 fully saturated rings. The average molecular weight is 452 g/mol. The van der Waals surface area contributed by atoms with Crippen molar-refractivity contribution in [2.45, 2.75) is 13.0 Å². The maximum Gasteiger partial charge on any atom is 0.267 e. The number of H-pyrrole nitrogens is 1. The maximum absolute atomic E-state index is 13.0. The molecule has 0 saturated carbocycles. The van der Waals surface area contributed by atoms with E-state index in [0.717, 1.165) is 24.0 Å². The molecule has 8 nitrogen and oxygen atoms in total. The Morgan fingerprint density at radius 2 is 1.94 bits per heavy atom. The van der Waals surface area contributed by atoms with Gasteiger partial charge in [0.05, 0.1) is 33.0 Å². The van der Waals surface area contributed by atoms with E-state index in [1.54, 1.807) is 25.3 Å². The molecule has 8 heteroatoms. The molecule has 1 aliphatic rings. The van der Waals surface area contributed by atoms with Gasteiger partial charge in [0.25, 0.3) is 11.5 Å². The molecule has 1 aliphatic heterocycles. The third-order valence-corrected chi connectivity index (χ3v) is 5.81. The van der Waals surface area contributed by atoms with Crippen molar-refractivity contribution in [3.05, 3.63) is 70.1 Å². The number of amides is 1. The van der Waals surface area contributed by atoms with Gasteiger partial charge in [-0.25, -0.2) is 0 Å². The van der Waals surface area contributed by atoms with Crippen LogP contribution < -0.4 is 20.3 Å². The molecule has 0 aliphatic carbocycles. The minimum absolute atomic E-state index is 0.0883.